The van der Waals surface area contributed by atoms with Crippen molar-refractivity contribution in [1.82, 2.24) is 15.6 Å². The first-order valence-electron chi connectivity index (χ1n) is 4.58. The van der Waals surface area contributed by atoms with Gasteiger partial charge in [0.2, 0.25) is 0 Å². The van der Waals surface area contributed by atoms with Crippen LogP contribution in [0, 0.1) is 0 Å². The molecule has 13 heteroatoms. The zero-order valence-electron chi connectivity index (χ0n) is 9.91. The molecule has 0 fully saturated rings. The number of hydrogen-bond donors (Lipinski definition) is 0. The molecule has 13 heavy (non-hydrogen) atoms. The van der Waals surface area contributed by atoms with E-state index in [2.05, 4.69) is 15.6 Å². The van der Waals surface area contributed by atoms with Crippen LogP contribution >= 0.6 is 0 Å². The Labute approximate surface area is 107 Å². The number of hydrogen-bond acceptors (Lipinski definition) is 4. The molecule has 0 N–H and O–H groups in total. The van der Waals surface area contributed by atoms with E-state index in [9.17, 15) is 0 Å². The maximum absolute atomic E-state index is 2.87. The van der Waals surface area contributed by atoms with Crippen molar-refractivity contribution in [3.8, 4) is 0 Å². The molecule has 0 saturated carbocycles. The fourth-order valence-corrected chi connectivity index (χ4v) is 38.0. The maximum atomic E-state index is 2.87. The van der Waals surface area contributed by atoms with Crippen LogP contribution in [-0.2, 0) is 0 Å². The summed E-state index contributed by atoms with van der Waals surface area (Å²) in [6.07, 6.45) is 0. The van der Waals surface area contributed by atoms with Crippen molar-refractivity contribution in [3.05, 3.63) is 0 Å². The molecular formula is H24N4Si9. The van der Waals surface area contributed by atoms with Gasteiger partial charge in [-0.1, -0.05) is 0 Å². The first-order chi connectivity index (χ1) is 5.91. The van der Waals surface area contributed by atoms with E-state index in [1.807, 2.05) is 0 Å². The van der Waals surface area contributed by atoms with E-state index in [0.29, 0.717) is 0 Å². The smallest absolute Gasteiger partial charge is 0.146 e. The molecular weight excluding hydrogens is 309 g/mol. The Hall–Kier alpha value is 1.79. The Morgan fingerprint density at radius 2 is 0.846 bits per heavy atom. The van der Waals surface area contributed by atoms with Gasteiger partial charge in [0, 0.05) is 0 Å². The van der Waals surface area contributed by atoms with Crippen LogP contribution in [0.4, 0.5) is 0 Å². The van der Waals surface area contributed by atoms with E-state index in [4.69, 9.17) is 0 Å². The lowest BCUT2D eigenvalue weighted by Crippen LogP contribution is -2.50. The van der Waals surface area contributed by atoms with Gasteiger partial charge < -0.3 is 15.6 Å². The zero-order chi connectivity index (χ0) is 10.4. The maximum Gasteiger partial charge on any atom is 0.146 e. The molecule has 0 amide bonds. The van der Waals surface area contributed by atoms with Crippen molar-refractivity contribution >= 4 is 92.0 Å². The van der Waals surface area contributed by atoms with E-state index >= 15 is 0 Å². The molecule has 0 unspecified atom stereocenters. The first kappa shape index (κ1) is 14.8. The third kappa shape index (κ3) is 10.1. The van der Waals surface area contributed by atoms with Crippen molar-refractivity contribution < 1.29 is 0 Å². The third-order valence-electron chi connectivity index (χ3n) is 1.53. The summed E-state index contributed by atoms with van der Waals surface area (Å²) < 4.78 is 11.1. The van der Waals surface area contributed by atoms with Crippen molar-refractivity contribution in [2.45, 2.75) is 0 Å². The van der Waals surface area contributed by atoms with E-state index < -0.39 is 0 Å². The molecule has 4 nitrogen and oxygen atoms in total. The van der Waals surface area contributed by atoms with Crippen molar-refractivity contribution in [2.75, 3.05) is 0 Å². The summed E-state index contributed by atoms with van der Waals surface area (Å²) in [6.45, 7) is 0. The van der Waals surface area contributed by atoms with E-state index in [-0.39, 0.29) is 29.5 Å². The molecule has 80 valence electrons. The van der Waals surface area contributed by atoms with Gasteiger partial charge in [-0.25, -0.2) is 0 Å². The van der Waals surface area contributed by atoms with Crippen LogP contribution in [0.2, 0.25) is 0 Å². The fraction of sp³-hybridized carbons (Fsp3) is 0. The topological polar surface area (TPSA) is 13.0 Å². The molecule has 0 aliphatic heterocycles. The Bertz CT molecular complexity index is 111. The van der Waals surface area contributed by atoms with Gasteiger partial charge >= 0.3 is 0 Å². The lowest BCUT2D eigenvalue weighted by molar-refractivity contribution is 0.891. The Morgan fingerprint density at radius 1 is 0.538 bits per heavy atom. The normalized spacial score (nSPS) is 16.6. The second-order valence-electron chi connectivity index (χ2n) is 4.30. The van der Waals surface area contributed by atoms with E-state index in [1.165, 1.54) is 62.4 Å². The molecule has 0 aromatic heterocycles. The van der Waals surface area contributed by atoms with Gasteiger partial charge in [-0.3, -0.25) is 0 Å². The molecule has 0 rings (SSSR count). The first-order valence-corrected chi connectivity index (χ1v) is 13.7. The second-order valence-corrected chi connectivity index (χ2v) is 36.1. The van der Waals surface area contributed by atoms with E-state index in [1.54, 1.807) is 0 Å². The van der Waals surface area contributed by atoms with Gasteiger partial charge in [0.15, 0.2) is 0 Å². The van der Waals surface area contributed by atoms with Crippen LogP contribution < -0.4 is 0 Å². The predicted octanol–water partition coefficient (Wildman–Crippen LogP) is -11.1. The van der Waals surface area contributed by atoms with Gasteiger partial charge in [0.05, 0.1) is 62.4 Å². The van der Waals surface area contributed by atoms with Crippen LogP contribution in [0.25, 0.3) is 0 Å². The molecule has 0 atom stereocenters. The van der Waals surface area contributed by atoms with Crippen LogP contribution in [-0.4, -0.2) is 108 Å². The highest BCUT2D eigenvalue weighted by Crippen LogP contribution is 1.81. The Morgan fingerprint density at radius 3 is 1.08 bits per heavy atom. The van der Waals surface area contributed by atoms with Crippen molar-refractivity contribution in [1.29, 1.82) is 0 Å². The molecule has 0 aliphatic rings. The second kappa shape index (κ2) is 8.00. The molecule has 0 aromatic rings. The van der Waals surface area contributed by atoms with Gasteiger partial charge in [0.1, 0.15) is 29.5 Å². The average Bonchev–Trinajstić information content (AvgIpc) is 1.80. The molecule has 0 bridgehead atoms. The largest absolute Gasteiger partial charge is 0.377 e. The van der Waals surface area contributed by atoms with Crippen molar-refractivity contribution in [2.24, 2.45) is 0 Å². The Balaban J connectivity index is 3.58. The molecule has 0 spiro atoms. The standard InChI is InChI=1S/H24N4Si9/c5-1(6)11-3(9)13-4(10)12-2(7)8/h11-13H2,5-10H3. The molecule has 0 saturated heterocycles. The zero-order valence-corrected chi connectivity index (χ0v) is 26.2. The predicted molar refractivity (Wildman–Crippen MR) is 92.6 cm³/mol. The van der Waals surface area contributed by atoms with Crippen LogP contribution in [0.15, 0.2) is 0 Å². The molecule has 0 aromatic carbocycles. The summed E-state index contributed by atoms with van der Waals surface area (Å²) in [5, 5.41) is 0. The lowest BCUT2D eigenvalue weighted by Gasteiger charge is -2.28. The molecule has 0 radical (unpaired) electrons. The summed E-state index contributed by atoms with van der Waals surface area (Å²) in [7, 11) is 8.36. The van der Waals surface area contributed by atoms with Crippen LogP contribution in [0.3, 0.4) is 0 Å². The van der Waals surface area contributed by atoms with Crippen molar-refractivity contribution in [3.63, 3.8) is 0 Å². The summed E-state index contributed by atoms with van der Waals surface area (Å²) >= 11 is 0. The summed E-state index contributed by atoms with van der Waals surface area (Å²) in [5.74, 6) is 0. The molecule has 0 aliphatic carbocycles. The van der Waals surface area contributed by atoms with Gasteiger partial charge in [0.25, 0.3) is 0 Å². The van der Waals surface area contributed by atoms with Crippen LogP contribution in [0.1, 0.15) is 0 Å². The van der Waals surface area contributed by atoms with Gasteiger partial charge in [-0.2, -0.15) is 0 Å². The fourth-order valence-electron chi connectivity index (χ4n) is 1.47. The lowest BCUT2D eigenvalue weighted by atomic mass is 13.7. The quantitative estimate of drug-likeness (QED) is 0.448. The minimum atomic E-state index is 0.0936. The minimum absolute atomic E-state index is 0.0936. The third-order valence-corrected chi connectivity index (χ3v) is 13.8. The summed E-state index contributed by atoms with van der Waals surface area (Å²) in [5.41, 5.74) is 0. The number of rotatable bonds is 6. The summed E-state index contributed by atoms with van der Waals surface area (Å²) in [4.78, 5) is 0. The number of nitrogens with zero attached hydrogens (tertiary/aromatic N) is 4. The SMILES string of the molecule is [SiH3]N([SiH3])[SiH2]N([SiH3])[SiH2]N([SiH3])[SiH2]N([SiH3])[SiH3]. The highest BCUT2D eigenvalue weighted by molar-refractivity contribution is 6.71. The summed E-state index contributed by atoms with van der Waals surface area (Å²) in [6, 6.07) is 0. The average molecular weight is 333 g/mol. The van der Waals surface area contributed by atoms with E-state index in [0.717, 1.165) is 0 Å². The van der Waals surface area contributed by atoms with Crippen LogP contribution in [0.5, 0.6) is 0 Å². The highest BCUT2D eigenvalue weighted by Gasteiger charge is 2.05. The minimum Gasteiger partial charge on any atom is -0.377 e. The highest BCUT2D eigenvalue weighted by atomic mass is 28.4. The van der Waals surface area contributed by atoms with Gasteiger partial charge in [-0.05, 0) is 0 Å². The van der Waals surface area contributed by atoms with Gasteiger partial charge in [-0.15, -0.1) is 0 Å². The Kier molecular flexibility index (Phi) is 9.11. The molecule has 0 heterocycles. The monoisotopic (exact) mass is 332 g/mol.